The van der Waals surface area contributed by atoms with E-state index in [0.717, 1.165) is 64.2 Å². The Balaban J connectivity index is 1.51. The van der Waals surface area contributed by atoms with Gasteiger partial charge in [-0.2, -0.15) is 0 Å². The predicted octanol–water partition coefficient (Wildman–Crippen LogP) is 6.18. The number of ether oxygens (including phenoxy) is 2. The van der Waals surface area contributed by atoms with Crippen LogP contribution >= 0.6 is 22.6 Å². The summed E-state index contributed by atoms with van der Waals surface area (Å²) in [4.78, 5) is 24.6. The molecule has 2 atom stereocenters. The van der Waals surface area contributed by atoms with Crippen LogP contribution in [0.5, 0.6) is 0 Å². The molecule has 198 valence electrons. The zero-order valence-electron chi connectivity index (χ0n) is 22.7. The van der Waals surface area contributed by atoms with Gasteiger partial charge < -0.3 is 14.8 Å². The van der Waals surface area contributed by atoms with Crippen LogP contribution in [0.25, 0.3) is 0 Å². The van der Waals surface area contributed by atoms with Crippen LogP contribution in [-0.4, -0.2) is 44.3 Å². The highest BCUT2D eigenvalue weighted by Crippen LogP contribution is 2.35. The summed E-state index contributed by atoms with van der Waals surface area (Å²) in [6.07, 6.45) is 10.4. The molecular weight excluding hydrogens is 543 g/mol. The summed E-state index contributed by atoms with van der Waals surface area (Å²) in [5.41, 5.74) is -0.0501. The SMILES string of the molecule is CC1(C)CC(OC(=O)CCCCCCCCC(=O)OC2CC(C)(C)NC(C)(I)C2)CC(C)(C)N1. The Morgan fingerprint density at radius 2 is 1.00 bits per heavy atom. The maximum atomic E-state index is 12.3. The van der Waals surface area contributed by atoms with E-state index in [9.17, 15) is 9.59 Å². The topological polar surface area (TPSA) is 76.7 Å². The Morgan fingerprint density at radius 1 is 0.647 bits per heavy atom. The van der Waals surface area contributed by atoms with E-state index in [1.165, 1.54) is 0 Å². The average Bonchev–Trinajstić information content (AvgIpc) is 2.58. The van der Waals surface area contributed by atoms with Gasteiger partial charge in [0.05, 0.1) is 3.55 Å². The molecule has 2 N–H and O–H groups in total. The Labute approximate surface area is 221 Å². The Kier molecular flexibility index (Phi) is 10.7. The van der Waals surface area contributed by atoms with Gasteiger partial charge in [0.15, 0.2) is 0 Å². The molecule has 0 radical (unpaired) electrons. The molecule has 0 amide bonds. The molecule has 0 saturated carbocycles. The van der Waals surface area contributed by atoms with Crippen molar-refractivity contribution in [1.29, 1.82) is 0 Å². The standard InChI is InChI=1S/C27H49IN2O4/c1-24(2)16-20(17-25(3,4)29-24)33-22(31)14-12-10-8-9-11-13-15-23(32)34-21-18-26(5,6)30-27(7,28)19-21/h20-21,29-30H,8-19H2,1-7H3. The monoisotopic (exact) mass is 592 g/mol. The van der Waals surface area contributed by atoms with Crippen LogP contribution in [0.3, 0.4) is 0 Å². The lowest BCUT2D eigenvalue weighted by atomic mass is 9.81. The summed E-state index contributed by atoms with van der Waals surface area (Å²) in [6, 6.07) is 0. The fourth-order valence-electron chi connectivity index (χ4n) is 6.01. The number of rotatable bonds is 11. The van der Waals surface area contributed by atoms with Crippen LogP contribution < -0.4 is 10.6 Å². The summed E-state index contributed by atoms with van der Waals surface area (Å²) in [6.45, 7) is 15.2. The molecule has 2 heterocycles. The van der Waals surface area contributed by atoms with Crippen molar-refractivity contribution < 1.29 is 19.1 Å². The van der Waals surface area contributed by atoms with Gasteiger partial charge in [-0.1, -0.05) is 48.3 Å². The molecular formula is C27H49IN2O4. The number of unbranched alkanes of at least 4 members (excludes halogenated alkanes) is 5. The van der Waals surface area contributed by atoms with Crippen LogP contribution in [-0.2, 0) is 19.1 Å². The van der Waals surface area contributed by atoms with Gasteiger partial charge in [-0.15, -0.1) is 0 Å². The van der Waals surface area contributed by atoms with E-state index in [-0.39, 0.29) is 44.3 Å². The molecule has 0 bridgehead atoms. The molecule has 0 aromatic rings. The molecule has 2 rings (SSSR count). The van der Waals surface area contributed by atoms with E-state index in [2.05, 4.69) is 81.7 Å². The largest absolute Gasteiger partial charge is 0.462 e. The Hall–Kier alpha value is -0.410. The van der Waals surface area contributed by atoms with E-state index in [4.69, 9.17) is 9.47 Å². The van der Waals surface area contributed by atoms with Crippen LogP contribution in [0.2, 0.25) is 0 Å². The number of hydrogen-bond donors (Lipinski definition) is 2. The quantitative estimate of drug-likeness (QED) is 0.0981. The van der Waals surface area contributed by atoms with Gasteiger partial charge in [0.2, 0.25) is 0 Å². The fraction of sp³-hybridized carbons (Fsp3) is 0.926. The summed E-state index contributed by atoms with van der Waals surface area (Å²) in [5.74, 6) is -0.133. The van der Waals surface area contributed by atoms with Crippen molar-refractivity contribution >= 4 is 34.5 Å². The third kappa shape index (κ3) is 11.5. The normalized spacial score (nSPS) is 28.3. The second-order valence-electron chi connectivity index (χ2n) is 12.8. The zero-order valence-corrected chi connectivity index (χ0v) is 24.8. The third-order valence-electron chi connectivity index (χ3n) is 6.71. The maximum Gasteiger partial charge on any atom is 0.306 e. The molecule has 2 fully saturated rings. The average molecular weight is 593 g/mol. The van der Waals surface area contributed by atoms with Gasteiger partial charge in [0.1, 0.15) is 12.2 Å². The molecule has 0 aromatic heterocycles. The summed E-state index contributed by atoms with van der Waals surface area (Å²) >= 11 is 2.41. The molecule has 6 nitrogen and oxygen atoms in total. The molecule has 0 aromatic carbocycles. The number of halogens is 1. The van der Waals surface area contributed by atoms with Crippen LogP contribution in [0.4, 0.5) is 0 Å². The van der Waals surface area contributed by atoms with Crippen molar-refractivity contribution in [1.82, 2.24) is 10.6 Å². The van der Waals surface area contributed by atoms with E-state index in [1.54, 1.807) is 0 Å². The molecule has 2 aliphatic rings. The van der Waals surface area contributed by atoms with E-state index >= 15 is 0 Å². The molecule has 34 heavy (non-hydrogen) atoms. The summed E-state index contributed by atoms with van der Waals surface area (Å²) in [5, 5.41) is 7.23. The first-order valence-corrected chi connectivity index (χ1v) is 14.3. The lowest BCUT2D eigenvalue weighted by Crippen LogP contribution is -2.59. The number of hydrogen-bond acceptors (Lipinski definition) is 6. The van der Waals surface area contributed by atoms with Crippen molar-refractivity contribution in [3.05, 3.63) is 0 Å². The van der Waals surface area contributed by atoms with Crippen molar-refractivity contribution in [2.24, 2.45) is 0 Å². The van der Waals surface area contributed by atoms with Gasteiger partial charge in [-0.25, -0.2) is 0 Å². The zero-order chi connectivity index (χ0) is 25.6. The number of alkyl halides is 1. The van der Waals surface area contributed by atoms with Crippen molar-refractivity contribution in [2.45, 2.75) is 158 Å². The Morgan fingerprint density at radius 3 is 1.41 bits per heavy atom. The number of piperidine rings is 2. The van der Waals surface area contributed by atoms with Crippen molar-refractivity contribution in [3.63, 3.8) is 0 Å². The second kappa shape index (κ2) is 12.2. The summed E-state index contributed by atoms with van der Waals surface area (Å²) < 4.78 is 11.5. The molecule has 0 aliphatic carbocycles. The summed E-state index contributed by atoms with van der Waals surface area (Å²) in [7, 11) is 0. The van der Waals surface area contributed by atoms with Gasteiger partial charge >= 0.3 is 11.9 Å². The van der Waals surface area contributed by atoms with Crippen LogP contribution in [0.15, 0.2) is 0 Å². The first-order valence-electron chi connectivity index (χ1n) is 13.2. The number of carbonyl (C=O) groups is 2. The smallest absolute Gasteiger partial charge is 0.306 e. The first-order chi connectivity index (χ1) is 15.6. The number of nitrogens with one attached hydrogen (secondary N) is 2. The van der Waals surface area contributed by atoms with E-state index in [1.807, 2.05) is 0 Å². The highest BCUT2D eigenvalue weighted by Gasteiger charge is 2.41. The molecule has 2 saturated heterocycles. The van der Waals surface area contributed by atoms with Crippen molar-refractivity contribution in [3.8, 4) is 0 Å². The molecule has 7 heteroatoms. The number of carbonyl (C=O) groups excluding carboxylic acids is 2. The van der Waals surface area contributed by atoms with Gasteiger partial charge in [0, 0.05) is 55.1 Å². The van der Waals surface area contributed by atoms with Gasteiger partial charge in [-0.3, -0.25) is 14.9 Å². The van der Waals surface area contributed by atoms with Crippen molar-refractivity contribution in [2.75, 3.05) is 0 Å². The second-order valence-corrected chi connectivity index (χ2v) is 15.1. The van der Waals surface area contributed by atoms with E-state index < -0.39 is 0 Å². The minimum Gasteiger partial charge on any atom is -0.462 e. The number of esters is 2. The maximum absolute atomic E-state index is 12.3. The highest BCUT2D eigenvalue weighted by atomic mass is 127. The van der Waals surface area contributed by atoms with Crippen LogP contribution in [0, 0.1) is 0 Å². The van der Waals surface area contributed by atoms with Crippen LogP contribution in [0.1, 0.15) is 126 Å². The molecule has 2 unspecified atom stereocenters. The third-order valence-corrected chi connectivity index (χ3v) is 7.42. The Bertz CT molecular complexity index is 600. The highest BCUT2D eigenvalue weighted by molar-refractivity contribution is 14.1. The van der Waals surface area contributed by atoms with Gasteiger partial charge in [-0.05, 0) is 61.3 Å². The molecule has 0 spiro atoms. The van der Waals surface area contributed by atoms with Gasteiger partial charge in [0.25, 0.3) is 0 Å². The predicted molar refractivity (Wildman–Crippen MR) is 146 cm³/mol. The fourth-order valence-corrected chi connectivity index (χ4v) is 7.23. The lowest BCUT2D eigenvalue weighted by Gasteiger charge is -2.45. The minimum absolute atomic E-state index is 0.0000689. The molecule has 2 aliphatic heterocycles. The first kappa shape index (κ1) is 29.8. The lowest BCUT2D eigenvalue weighted by molar-refractivity contribution is -0.154. The van der Waals surface area contributed by atoms with E-state index in [0.29, 0.717) is 12.8 Å². The minimum atomic E-state index is -0.0677.